The molecule has 4 heterocycles. The molecule has 2 fully saturated rings. The predicted octanol–water partition coefficient (Wildman–Crippen LogP) is 1.51. The molecule has 1 atom stereocenters. The Kier molecular flexibility index (Phi) is 2.80. The first-order chi connectivity index (χ1) is 12.2. The molecule has 3 aromatic heterocycles. The highest BCUT2D eigenvalue weighted by molar-refractivity contribution is 5.78. The van der Waals surface area contributed by atoms with Gasteiger partial charge in [-0.1, -0.05) is 0 Å². The van der Waals surface area contributed by atoms with E-state index >= 15 is 0 Å². The van der Waals surface area contributed by atoms with E-state index in [1.807, 2.05) is 16.7 Å². The molecule has 9 nitrogen and oxygen atoms in total. The number of carbonyl (C=O) groups is 1. The number of nitrogens with zero attached hydrogens (tertiary/aromatic N) is 6. The van der Waals surface area contributed by atoms with Crippen LogP contribution in [0, 0.1) is 11.3 Å². The van der Waals surface area contributed by atoms with E-state index in [4.69, 9.17) is 0 Å². The topological polar surface area (TPSA) is 115 Å². The second-order valence-corrected chi connectivity index (χ2v) is 6.70. The average Bonchev–Trinajstić information content (AvgIpc) is 3.06. The number of hydrogen-bond donors (Lipinski definition) is 2. The Bertz CT molecular complexity index is 1020. The first-order valence-corrected chi connectivity index (χ1v) is 8.38. The summed E-state index contributed by atoms with van der Waals surface area (Å²) in [6.07, 6.45) is 6.65. The van der Waals surface area contributed by atoms with Gasteiger partial charge in [-0.25, -0.2) is 9.78 Å². The summed E-state index contributed by atoms with van der Waals surface area (Å²) < 4.78 is 1.95. The van der Waals surface area contributed by atoms with Crippen LogP contribution in [0.5, 0.6) is 0 Å². The average molecular weight is 336 g/mol. The lowest BCUT2D eigenvalue weighted by molar-refractivity contribution is 0.188. The van der Waals surface area contributed by atoms with Gasteiger partial charge in [0.15, 0.2) is 17.1 Å². The van der Waals surface area contributed by atoms with Gasteiger partial charge in [-0.3, -0.25) is 4.40 Å². The summed E-state index contributed by atoms with van der Waals surface area (Å²) >= 11 is 0. The highest BCUT2D eigenvalue weighted by Crippen LogP contribution is 2.37. The van der Waals surface area contributed by atoms with Crippen LogP contribution in [0.1, 0.15) is 37.5 Å². The van der Waals surface area contributed by atoms with E-state index in [2.05, 4.69) is 31.6 Å². The summed E-state index contributed by atoms with van der Waals surface area (Å²) in [6.45, 7) is 0.647. The maximum Gasteiger partial charge on any atom is 0.319 e. The van der Waals surface area contributed by atoms with Crippen LogP contribution in [0.25, 0.3) is 16.8 Å². The number of rotatable bonds is 2. The van der Waals surface area contributed by atoms with Crippen LogP contribution < -0.4 is 5.32 Å². The molecule has 0 radical (unpaired) electrons. The maximum atomic E-state index is 12.7. The molecule has 126 valence electrons. The van der Waals surface area contributed by atoms with Gasteiger partial charge in [-0.05, 0) is 31.7 Å². The van der Waals surface area contributed by atoms with Crippen molar-refractivity contribution in [2.75, 3.05) is 6.54 Å². The third-order valence-corrected chi connectivity index (χ3v) is 5.09. The number of nitriles is 1. The number of urea groups is 1. The Labute approximate surface area is 142 Å². The minimum absolute atomic E-state index is 0.162. The molecule has 3 aromatic rings. The van der Waals surface area contributed by atoms with Crippen LogP contribution in [-0.4, -0.2) is 47.6 Å². The summed E-state index contributed by atoms with van der Waals surface area (Å²) in [5.41, 5.74) is 1.63. The van der Waals surface area contributed by atoms with Crippen molar-refractivity contribution >= 4 is 22.8 Å². The van der Waals surface area contributed by atoms with Crippen LogP contribution in [0.4, 0.5) is 4.79 Å². The Balaban J connectivity index is 1.54. The van der Waals surface area contributed by atoms with Crippen molar-refractivity contribution in [2.24, 2.45) is 0 Å². The highest BCUT2D eigenvalue weighted by atomic mass is 16.2. The van der Waals surface area contributed by atoms with Crippen molar-refractivity contribution in [1.29, 1.82) is 5.26 Å². The van der Waals surface area contributed by atoms with Gasteiger partial charge < -0.3 is 15.2 Å². The van der Waals surface area contributed by atoms with E-state index in [1.165, 1.54) is 0 Å². The van der Waals surface area contributed by atoms with Crippen molar-refractivity contribution in [3.63, 3.8) is 0 Å². The van der Waals surface area contributed by atoms with E-state index in [1.54, 1.807) is 11.1 Å². The minimum Gasteiger partial charge on any atom is -0.345 e. The third-order valence-electron chi connectivity index (χ3n) is 5.09. The van der Waals surface area contributed by atoms with Gasteiger partial charge in [-0.2, -0.15) is 5.26 Å². The molecule has 0 bridgehead atoms. The van der Waals surface area contributed by atoms with Gasteiger partial charge in [0.1, 0.15) is 5.54 Å². The second-order valence-electron chi connectivity index (χ2n) is 6.70. The number of amides is 2. The molecule has 0 spiro atoms. The second kappa shape index (κ2) is 4.92. The van der Waals surface area contributed by atoms with E-state index in [0.29, 0.717) is 12.2 Å². The van der Waals surface area contributed by atoms with Gasteiger partial charge in [0, 0.05) is 12.7 Å². The molecular formula is C16H16N8O. The summed E-state index contributed by atoms with van der Waals surface area (Å²) in [5, 5.41) is 20.7. The molecule has 1 aliphatic carbocycles. The Morgan fingerprint density at radius 3 is 3.12 bits per heavy atom. The molecule has 25 heavy (non-hydrogen) atoms. The maximum absolute atomic E-state index is 12.7. The molecule has 2 N–H and O–H groups in total. The number of aromatic nitrogens is 5. The van der Waals surface area contributed by atoms with E-state index < -0.39 is 5.54 Å². The lowest BCUT2D eigenvalue weighted by atomic mass is 10.2. The number of nitrogens with one attached hydrogen (secondary N) is 2. The normalized spacial score (nSPS) is 21.6. The summed E-state index contributed by atoms with van der Waals surface area (Å²) in [5.74, 6) is 0.733. The van der Waals surface area contributed by atoms with Crippen molar-refractivity contribution in [3.8, 4) is 6.07 Å². The van der Waals surface area contributed by atoms with Crippen molar-refractivity contribution in [2.45, 2.75) is 37.3 Å². The molecule has 2 aliphatic rings. The van der Waals surface area contributed by atoms with E-state index in [9.17, 15) is 10.1 Å². The van der Waals surface area contributed by atoms with Crippen molar-refractivity contribution in [3.05, 3.63) is 24.3 Å². The quantitative estimate of drug-likeness (QED) is 0.736. The van der Waals surface area contributed by atoms with Crippen LogP contribution in [-0.2, 0) is 0 Å². The van der Waals surface area contributed by atoms with E-state index in [-0.39, 0.29) is 12.1 Å². The number of carbonyl (C=O) groups excluding carboxylic acids is 1. The number of aromatic amines is 1. The van der Waals surface area contributed by atoms with Crippen LogP contribution in [0.2, 0.25) is 0 Å². The summed E-state index contributed by atoms with van der Waals surface area (Å²) in [6, 6.07) is 3.77. The monoisotopic (exact) mass is 336 g/mol. The molecule has 1 unspecified atom stereocenters. The summed E-state index contributed by atoms with van der Waals surface area (Å²) in [7, 11) is 0. The number of H-pyrrole nitrogens is 1. The molecule has 5 rings (SSSR count). The zero-order valence-electron chi connectivity index (χ0n) is 13.4. The SMILES string of the molecule is N#CC1(NC(=O)N2CCCC2c2nnc3cnc4[nH]ccc4n23)CC1. The van der Waals surface area contributed by atoms with Gasteiger partial charge in [0.25, 0.3) is 0 Å². The number of hydrogen-bond acceptors (Lipinski definition) is 5. The highest BCUT2D eigenvalue weighted by Gasteiger charge is 2.46. The Hall–Kier alpha value is -3.15. The fourth-order valence-electron chi connectivity index (χ4n) is 3.56. The number of fused-ring (bicyclic) bond motifs is 3. The molecule has 9 heteroatoms. The van der Waals surface area contributed by atoms with Gasteiger partial charge in [-0.15, -0.1) is 10.2 Å². The standard InChI is InChI=1S/C16H16N8O/c17-9-16(4-5-16)20-15(25)23-7-1-2-11(23)14-22-21-12-8-19-13-10(24(12)14)3-6-18-13/h3,6,8,11,18H,1-2,4-5,7H2,(H,20,25). The molecule has 0 aromatic carbocycles. The molecule has 1 saturated heterocycles. The zero-order chi connectivity index (χ0) is 17.0. The van der Waals surface area contributed by atoms with Crippen LogP contribution in [0.15, 0.2) is 18.5 Å². The van der Waals surface area contributed by atoms with Gasteiger partial charge in [0.2, 0.25) is 0 Å². The fourth-order valence-corrected chi connectivity index (χ4v) is 3.56. The van der Waals surface area contributed by atoms with Crippen LogP contribution in [0.3, 0.4) is 0 Å². The first-order valence-electron chi connectivity index (χ1n) is 8.38. The smallest absolute Gasteiger partial charge is 0.319 e. The van der Waals surface area contributed by atoms with Gasteiger partial charge in [0.05, 0.1) is 23.8 Å². The predicted molar refractivity (Wildman–Crippen MR) is 87.4 cm³/mol. The lowest BCUT2D eigenvalue weighted by Crippen LogP contribution is -2.45. The van der Waals surface area contributed by atoms with Crippen molar-refractivity contribution < 1.29 is 4.79 Å². The summed E-state index contributed by atoms with van der Waals surface area (Å²) in [4.78, 5) is 21.9. The molecular weight excluding hydrogens is 320 g/mol. The Morgan fingerprint density at radius 1 is 1.44 bits per heavy atom. The lowest BCUT2D eigenvalue weighted by Gasteiger charge is -2.25. The molecule has 1 saturated carbocycles. The first kappa shape index (κ1) is 14.2. The minimum atomic E-state index is -0.672. The van der Waals surface area contributed by atoms with Crippen LogP contribution >= 0.6 is 0 Å². The van der Waals surface area contributed by atoms with Crippen molar-refractivity contribution in [1.82, 2.24) is 34.8 Å². The van der Waals surface area contributed by atoms with E-state index in [0.717, 1.165) is 42.7 Å². The molecule has 2 amide bonds. The zero-order valence-corrected chi connectivity index (χ0v) is 13.4. The fraction of sp³-hybridized carbons (Fsp3) is 0.438. The largest absolute Gasteiger partial charge is 0.345 e. The van der Waals surface area contributed by atoms with Gasteiger partial charge >= 0.3 is 6.03 Å². The number of likely N-dealkylation sites (tertiary alicyclic amines) is 1. The Morgan fingerprint density at radius 2 is 2.32 bits per heavy atom. The third kappa shape index (κ3) is 2.07. The molecule has 1 aliphatic heterocycles.